The van der Waals surface area contributed by atoms with Crippen LogP contribution in [0, 0.1) is 6.92 Å². The van der Waals surface area contributed by atoms with Crippen molar-refractivity contribution >= 4 is 22.6 Å². The monoisotopic (exact) mass is 317 g/mol. The van der Waals surface area contributed by atoms with Crippen LogP contribution in [0.25, 0.3) is 21.9 Å². The summed E-state index contributed by atoms with van der Waals surface area (Å²) in [6.07, 6.45) is 0. The molecule has 0 bridgehead atoms. The second-order valence-corrected chi connectivity index (χ2v) is 5.91. The average Bonchev–Trinajstić information content (AvgIpc) is 2.87. The maximum absolute atomic E-state index is 12.4. The third-order valence-electron chi connectivity index (χ3n) is 4.39. The van der Waals surface area contributed by atoms with Gasteiger partial charge in [0, 0.05) is 5.56 Å². The number of carbonyl (C=O) groups is 2. The number of ether oxygens (including phenoxy) is 1. The second kappa shape index (κ2) is 5.20. The number of amides is 2. The molecule has 1 N–H and O–H groups in total. The maximum Gasteiger partial charge on any atom is 0.259 e. The molecule has 0 atom stereocenters. The zero-order valence-electron chi connectivity index (χ0n) is 13.3. The van der Waals surface area contributed by atoms with Gasteiger partial charge >= 0.3 is 0 Å². The van der Waals surface area contributed by atoms with E-state index < -0.39 is 0 Å². The molecule has 0 aromatic heterocycles. The van der Waals surface area contributed by atoms with Crippen LogP contribution in [0.1, 0.15) is 26.3 Å². The van der Waals surface area contributed by atoms with Crippen molar-refractivity contribution in [2.75, 3.05) is 7.11 Å². The predicted octanol–water partition coefficient (Wildman–Crippen LogP) is 3.71. The van der Waals surface area contributed by atoms with Crippen molar-refractivity contribution in [1.82, 2.24) is 5.32 Å². The minimum atomic E-state index is -0.352. The molecule has 4 heteroatoms. The van der Waals surface area contributed by atoms with E-state index in [1.807, 2.05) is 49.4 Å². The molecule has 0 spiro atoms. The fourth-order valence-corrected chi connectivity index (χ4v) is 3.17. The Kier molecular flexibility index (Phi) is 3.13. The Morgan fingerprint density at radius 2 is 1.62 bits per heavy atom. The standard InChI is InChI=1S/C20H15NO3/c1-11-3-5-12(6-4-11)17-15-10-14(24-2)8-7-13(15)9-16-18(17)20(23)21-19(16)22/h3-10H,1-2H3,(H,21,22,23). The summed E-state index contributed by atoms with van der Waals surface area (Å²) in [5.41, 5.74) is 3.66. The Bertz CT molecular complexity index is 1000. The molecule has 0 saturated heterocycles. The zero-order chi connectivity index (χ0) is 16.8. The van der Waals surface area contributed by atoms with Gasteiger partial charge in [-0.1, -0.05) is 35.9 Å². The lowest BCUT2D eigenvalue weighted by Gasteiger charge is -2.13. The van der Waals surface area contributed by atoms with Gasteiger partial charge in [-0.2, -0.15) is 0 Å². The summed E-state index contributed by atoms with van der Waals surface area (Å²) in [6.45, 7) is 2.01. The molecular formula is C20H15NO3. The summed E-state index contributed by atoms with van der Waals surface area (Å²) in [5.74, 6) is 0.0110. The van der Waals surface area contributed by atoms with Crippen molar-refractivity contribution in [3.8, 4) is 16.9 Å². The van der Waals surface area contributed by atoms with Gasteiger partial charge in [0.2, 0.25) is 0 Å². The van der Waals surface area contributed by atoms with E-state index in [1.165, 1.54) is 0 Å². The number of nitrogens with one attached hydrogen (secondary N) is 1. The van der Waals surface area contributed by atoms with Gasteiger partial charge in [-0.25, -0.2) is 0 Å². The summed E-state index contributed by atoms with van der Waals surface area (Å²) in [7, 11) is 1.61. The Balaban J connectivity index is 2.14. The van der Waals surface area contributed by atoms with Crippen molar-refractivity contribution in [3.05, 3.63) is 65.2 Å². The molecule has 3 aromatic rings. The van der Waals surface area contributed by atoms with E-state index >= 15 is 0 Å². The minimum Gasteiger partial charge on any atom is -0.497 e. The van der Waals surface area contributed by atoms with Gasteiger partial charge in [0.25, 0.3) is 11.8 Å². The van der Waals surface area contributed by atoms with Crippen LogP contribution in [0.4, 0.5) is 0 Å². The van der Waals surface area contributed by atoms with Crippen molar-refractivity contribution < 1.29 is 14.3 Å². The molecule has 0 unspecified atom stereocenters. The van der Waals surface area contributed by atoms with E-state index in [9.17, 15) is 9.59 Å². The number of hydrogen-bond acceptors (Lipinski definition) is 3. The molecule has 0 fully saturated rings. The van der Waals surface area contributed by atoms with Crippen LogP contribution in [0.3, 0.4) is 0 Å². The van der Waals surface area contributed by atoms with Crippen LogP contribution >= 0.6 is 0 Å². The quantitative estimate of drug-likeness (QED) is 0.733. The van der Waals surface area contributed by atoms with Gasteiger partial charge < -0.3 is 4.74 Å². The predicted molar refractivity (Wildman–Crippen MR) is 92.5 cm³/mol. The number of benzene rings is 3. The van der Waals surface area contributed by atoms with E-state index in [-0.39, 0.29) is 11.8 Å². The second-order valence-electron chi connectivity index (χ2n) is 5.91. The molecule has 4 nitrogen and oxygen atoms in total. The van der Waals surface area contributed by atoms with Gasteiger partial charge in [0.05, 0.1) is 18.2 Å². The third kappa shape index (κ3) is 2.07. The zero-order valence-corrected chi connectivity index (χ0v) is 13.3. The summed E-state index contributed by atoms with van der Waals surface area (Å²) < 4.78 is 5.33. The van der Waals surface area contributed by atoms with E-state index in [0.717, 1.165) is 27.5 Å². The third-order valence-corrected chi connectivity index (χ3v) is 4.39. The largest absolute Gasteiger partial charge is 0.497 e. The summed E-state index contributed by atoms with van der Waals surface area (Å²) >= 11 is 0. The van der Waals surface area contributed by atoms with Gasteiger partial charge in [0.15, 0.2) is 0 Å². The highest BCUT2D eigenvalue weighted by Crippen LogP contribution is 2.38. The maximum atomic E-state index is 12.4. The number of methoxy groups -OCH3 is 1. The molecule has 1 aliphatic heterocycles. The molecular weight excluding hydrogens is 302 g/mol. The van der Waals surface area contributed by atoms with Crippen LogP contribution < -0.4 is 10.1 Å². The molecule has 0 saturated carbocycles. The first-order valence-electron chi connectivity index (χ1n) is 7.66. The number of hydrogen-bond donors (Lipinski definition) is 1. The number of aryl methyl sites for hydroxylation is 1. The summed E-state index contributed by atoms with van der Waals surface area (Å²) in [5, 5.41) is 4.19. The number of imide groups is 1. The van der Waals surface area contributed by atoms with Crippen LogP contribution in [0.2, 0.25) is 0 Å². The van der Waals surface area contributed by atoms with Crippen molar-refractivity contribution in [3.63, 3.8) is 0 Å². The lowest BCUT2D eigenvalue weighted by atomic mass is 9.90. The molecule has 4 rings (SSSR count). The van der Waals surface area contributed by atoms with Crippen LogP contribution in [0.5, 0.6) is 5.75 Å². The number of fused-ring (bicyclic) bond motifs is 2. The average molecular weight is 317 g/mol. The Morgan fingerprint density at radius 1 is 0.875 bits per heavy atom. The molecule has 2 amide bonds. The molecule has 1 heterocycles. The van der Waals surface area contributed by atoms with Crippen molar-refractivity contribution in [1.29, 1.82) is 0 Å². The highest BCUT2D eigenvalue weighted by atomic mass is 16.5. The van der Waals surface area contributed by atoms with Gasteiger partial charge in [-0.15, -0.1) is 0 Å². The van der Waals surface area contributed by atoms with Crippen LogP contribution in [0.15, 0.2) is 48.5 Å². The summed E-state index contributed by atoms with van der Waals surface area (Å²) in [6, 6.07) is 15.4. The van der Waals surface area contributed by atoms with E-state index in [0.29, 0.717) is 16.9 Å². The SMILES string of the molecule is COc1ccc2cc3c(c(-c4ccc(C)cc4)c2c1)C(=O)NC3=O. The molecule has 0 aliphatic carbocycles. The van der Waals surface area contributed by atoms with E-state index in [1.54, 1.807) is 13.2 Å². The lowest BCUT2D eigenvalue weighted by molar-refractivity contribution is 0.0880. The molecule has 0 radical (unpaired) electrons. The highest BCUT2D eigenvalue weighted by Gasteiger charge is 2.31. The molecule has 24 heavy (non-hydrogen) atoms. The summed E-state index contributed by atoms with van der Waals surface area (Å²) in [4.78, 5) is 24.5. The first-order chi connectivity index (χ1) is 11.6. The van der Waals surface area contributed by atoms with Crippen LogP contribution in [-0.2, 0) is 0 Å². The Morgan fingerprint density at radius 3 is 2.33 bits per heavy atom. The van der Waals surface area contributed by atoms with Gasteiger partial charge in [-0.3, -0.25) is 14.9 Å². The fraction of sp³-hybridized carbons (Fsp3) is 0.100. The topological polar surface area (TPSA) is 55.4 Å². The minimum absolute atomic E-state index is 0.346. The van der Waals surface area contributed by atoms with Crippen LogP contribution in [-0.4, -0.2) is 18.9 Å². The van der Waals surface area contributed by atoms with Gasteiger partial charge in [-0.05, 0) is 41.5 Å². The first kappa shape index (κ1) is 14.5. The smallest absolute Gasteiger partial charge is 0.259 e. The molecule has 1 aliphatic rings. The van der Waals surface area contributed by atoms with Gasteiger partial charge in [0.1, 0.15) is 5.75 Å². The number of rotatable bonds is 2. The van der Waals surface area contributed by atoms with Crippen molar-refractivity contribution in [2.24, 2.45) is 0 Å². The molecule has 118 valence electrons. The first-order valence-corrected chi connectivity index (χ1v) is 7.66. The van der Waals surface area contributed by atoms with E-state index in [2.05, 4.69) is 5.32 Å². The Labute approximate surface area is 139 Å². The normalized spacial score (nSPS) is 13.1. The lowest BCUT2D eigenvalue weighted by Crippen LogP contribution is -2.20. The highest BCUT2D eigenvalue weighted by molar-refractivity contribution is 6.27. The van der Waals surface area contributed by atoms with Crippen molar-refractivity contribution in [2.45, 2.75) is 6.92 Å². The fourth-order valence-electron chi connectivity index (χ4n) is 3.17. The molecule has 3 aromatic carbocycles. The number of carbonyl (C=O) groups excluding carboxylic acids is 2. The van der Waals surface area contributed by atoms with E-state index in [4.69, 9.17) is 4.74 Å². The Hall–Kier alpha value is -3.14.